The van der Waals surface area contributed by atoms with Crippen molar-refractivity contribution in [2.45, 2.75) is 33.1 Å². The maximum absolute atomic E-state index is 12.4. The molecule has 6 nitrogen and oxygen atoms in total. The number of hydrogen-bond donors (Lipinski definition) is 1. The lowest BCUT2D eigenvalue weighted by Gasteiger charge is -2.30. The highest BCUT2D eigenvalue weighted by atomic mass is 32.1. The van der Waals surface area contributed by atoms with Gasteiger partial charge in [0.1, 0.15) is 0 Å². The van der Waals surface area contributed by atoms with Gasteiger partial charge in [-0.25, -0.2) is 4.98 Å². The Labute approximate surface area is 144 Å². The third-order valence-corrected chi connectivity index (χ3v) is 5.27. The smallest absolute Gasteiger partial charge is 0.289 e. The number of carbonyl (C=O) groups is 2. The predicted octanol–water partition coefficient (Wildman–Crippen LogP) is 3.10. The molecule has 128 valence electrons. The second-order valence-electron chi connectivity index (χ2n) is 5.91. The van der Waals surface area contributed by atoms with Gasteiger partial charge in [0.2, 0.25) is 5.91 Å². The first-order valence-corrected chi connectivity index (χ1v) is 9.00. The molecule has 0 radical (unpaired) electrons. The molecule has 1 saturated heterocycles. The number of furan rings is 1. The normalized spacial score (nSPS) is 15.5. The van der Waals surface area contributed by atoms with Crippen molar-refractivity contribution in [1.82, 2.24) is 9.88 Å². The minimum atomic E-state index is -0.109. The van der Waals surface area contributed by atoms with Crippen LogP contribution in [-0.4, -0.2) is 34.8 Å². The largest absolute Gasteiger partial charge is 0.459 e. The maximum atomic E-state index is 12.4. The van der Waals surface area contributed by atoms with E-state index in [1.807, 2.05) is 6.92 Å². The second kappa shape index (κ2) is 7.17. The standard InChI is InChI=1S/C17H21N3O3S/c1-3-13-11(2)24-17(18-13)19-15(21)12-6-8-20(9-7-12)16(22)14-5-4-10-23-14/h4-5,10,12H,3,6-9H2,1-2H3,(H,18,19,21). The van der Waals surface area contributed by atoms with Crippen LogP contribution < -0.4 is 5.32 Å². The highest BCUT2D eigenvalue weighted by molar-refractivity contribution is 7.15. The molecule has 1 aliphatic heterocycles. The zero-order chi connectivity index (χ0) is 17.1. The lowest BCUT2D eigenvalue weighted by molar-refractivity contribution is -0.121. The molecule has 7 heteroatoms. The van der Waals surface area contributed by atoms with Gasteiger partial charge in [-0.05, 0) is 38.3 Å². The molecule has 2 aromatic rings. The van der Waals surface area contributed by atoms with Crippen LogP contribution in [0.2, 0.25) is 0 Å². The van der Waals surface area contributed by atoms with Gasteiger partial charge in [0.05, 0.1) is 12.0 Å². The van der Waals surface area contributed by atoms with Gasteiger partial charge in [-0.3, -0.25) is 9.59 Å². The summed E-state index contributed by atoms with van der Waals surface area (Å²) in [6.45, 7) is 5.20. The molecule has 1 aliphatic rings. The van der Waals surface area contributed by atoms with Crippen molar-refractivity contribution < 1.29 is 14.0 Å². The Balaban J connectivity index is 1.54. The van der Waals surface area contributed by atoms with E-state index in [9.17, 15) is 9.59 Å². The summed E-state index contributed by atoms with van der Waals surface area (Å²) >= 11 is 1.51. The second-order valence-corrected chi connectivity index (χ2v) is 7.11. The van der Waals surface area contributed by atoms with Crippen LogP contribution in [0.4, 0.5) is 5.13 Å². The van der Waals surface area contributed by atoms with Crippen LogP contribution in [0.25, 0.3) is 0 Å². The van der Waals surface area contributed by atoms with E-state index in [0.29, 0.717) is 36.8 Å². The van der Waals surface area contributed by atoms with Gasteiger partial charge in [0.15, 0.2) is 10.9 Å². The average Bonchev–Trinajstić information content (AvgIpc) is 3.24. The lowest BCUT2D eigenvalue weighted by atomic mass is 9.96. The molecule has 1 N–H and O–H groups in total. The average molecular weight is 347 g/mol. The molecular weight excluding hydrogens is 326 g/mol. The summed E-state index contributed by atoms with van der Waals surface area (Å²) in [7, 11) is 0. The summed E-state index contributed by atoms with van der Waals surface area (Å²) < 4.78 is 5.15. The molecule has 0 atom stereocenters. The number of anilines is 1. The quantitative estimate of drug-likeness (QED) is 0.922. The monoisotopic (exact) mass is 347 g/mol. The minimum absolute atomic E-state index is 0.00324. The van der Waals surface area contributed by atoms with Crippen molar-refractivity contribution in [2.75, 3.05) is 18.4 Å². The third kappa shape index (κ3) is 3.51. The Morgan fingerprint density at radius 1 is 1.42 bits per heavy atom. The molecule has 0 bridgehead atoms. The molecule has 3 rings (SSSR count). The molecule has 24 heavy (non-hydrogen) atoms. The van der Waals surface area contributed by atoms with E-state index in [-0.39, 0.29) is 17.7 Å². The fraction of sp³-hybridized carbons (Fsp3) is 0.471. The first kappa shape index (κ1) is 16.7. The molecular formula is C17H21N3O3S. The van der Waals surface area contributed by atoms with Crippen molar-refractivity contribution in [3.05, 3.63) is 34.7 Å². The number of piperidine rings is 1. The Morgan fingerprint density at radius 2 is 2.17 bits per heavy atom. The van der Waals surface area contributed by atoms with Crippen LogP contribution in [0, 0.1) is 12.8 Å². The molecule has 3 heterocycles. The molecule has 0 aromatic carbocycles. The van der Waals surface area contributed by atoms with Crippen LogP contribution in [-0.2, 0) is 11.2 Å². The summed E-state index contributed by atoms with van der Waals surface area (Å²) in [5.41, 5.74) is 1.04. The minimum Gasteiger partial charge on any atom is -0.459 e. The van der Waals surface area contributed by atoms with Gasteiger partial charge in [-0.2, -0.15) is 0 Å². The van der Waals surface area contributed by atoms with Crippen molar-refractivity contribution in [3.8, 4) is 0 Å². The topological polar surface area (TPSA) is 75.4 Å². The Bertz CT molecular complexity index is 716. The van der Waals surface area contributed by atoms with Gasteiger partial charge < -0.3 is 14.6 Å². The van der Waals surface area contributed by atoms with Crippen molar-refractivity contribution in [2.24, 2.45) is 5.92 Å². The van der Waals surface area contributed by atoms with E-state index < -0.39 is 0 Å². The zero-order valence-corrected chi connectivity index (χ0v) is 14.7. The first-order valence-electron chi connectivity index (χ1n) is 8.18. The molecule has 1 fully saturated rings. The van der Waals surface area contributed by atoms with Gasteiger partial charge in [0, 0.05) is 23.9 Å². The number of thiazole rings is 1. The Morgan fingerprint density at radius 3 is 2.75 bits per heavy atom. The summed E-state index contributed by atoms with van der Waals surface area (Å²) in [6, 6.07) is 3.37. The molecule has 0 saturated carbocycles. The highest BCUT2D eigenvalue weighted by Gasteiger charge is 2.29. The van der Waals surface area contributed by atoms with Crippen LogP contribution in [0.1, 0.15) is 40.9 Å². The molecule has 2 amide bonds. The number of rotatable bonds is 4. The molecule has 0 spiro atoms. The van der Waals surface area contributed by atoms with E-state index in [1.54, 1.807) is 17.0 Å². The summed E-state index contributed by atoms with van der Waals surface area (Å²) in [6.07, 6.45) is 3.67. The van der Waals surface area contributed by atoms with Crippen molar-refractivity contribution >= 4 is 28.3 Å². The van der Waals surface area contributed by atoms with Crippen LogP contribution in [0.5, 0.6) is 0 Å². The number of aromatic nitrogens is 1. The highest BCUT2D eigenvalue weighted by Crippen LogP contribution is 2.25. The SMILES string of the molecule is CCc1nc(NC(=O)C2CCN(C(=O)c3ccco3)CC2)sc1C. The van der Waals surface area contributed by atoms with Gasteiger partial charge in [0.25, 0.3) is 5.91 Å². The molecule has 0 unspecified atom stereocenters. The third-order valence-electron chi connectivity index (χ3n) is 4.34. The fourth-order valence-corrected chi connectivity index (χ4v) is 3.82. The molecule has 0 aliphatic carbocycles. The fourth-order valence-electron chi connectivity index (χ4n) is 2.92. The van der Waals surface area contributed by atoms with Gasteiger partial charge in [-0.1, -0.05) is 6.92 Å². The van der Waals surface area contributed by atoms with Crippen molar-refractivity contribution in [3.63, 3.8) is 0 Å². The van der Waals surface area contributed by atoms with E-state index in [0.717, 1.165) is 17.0 Å². The number of hydrogen-bond acceptors (Lipinski definition) is 5. The van der Waals surface area contributed by atoms with Crippen LogP contribution >= 0.6 is 11.3 Å². The van der Waals surface area contributed by atoms with E-state index in [2.05, 4.69) is 17.2 Å². The predicted molar refractivity (Wildman–Crippen MR) is 92.2 cm³/mol. The Hall–Kier alpha value is -2.15. The number of nitrogens with one attached hydrogen (secondary N) is 1. The maximum Gasteiger partial charge on any atom is 0.289 e. The number of amides is 2. The molecule has 2 aromatic heterocycles. The first-order chi connectivity index (χ1) is 11.6. The van der Waals surface area contributed by atoms with E-state index in [4.69, 9.17) is 4.42 Å². The summed E-state index contributed by atoms with van der Waals surface area (Å²) in [4.78, 5) is 32.0. The number of likely N-dealkylation sites (tertiary alicyclic amines) is 1. The van der Waals surface area contributed by atoms with Crippen LogP contribution in [0.15, 0.2) is 22.8 Å². The zero-order valence-electron chi connectivity index (χ0n) is 13.9. The van der Waals surface area contributed by atoms with Gasteiger partial charge >= 0.3 is 0 Å². The summed E-state index contributed by atoms with van der Waals surface area (Å²) in [5, 5.41) is 3.60. The van der Waals surface area contributed by atoms with Crippen LogP contribution in [0.3, 0.4) is 0 Å². The number of carbonyl (C=O) groups excluding carboxylic acids is 2. The van der Waals surface area contributed by atoms with Gasteiger partial charge in [-0.15, -0.1) is 11.3 Å². The van der Waals surface area contributed by atoms with Crippen molar-refractivity contribution in [1.29, 1.82) is 0 Å². The number of aryl methyl sites for hydroxylation is 2. The Kier molecular flexibility index (Phi) is 4.99. The lowest BCUT2D eigenvalue weighted by Crippen LogP contribution is -2.41. The summed E-state index contributed by atoms with van der Waals surface area (Å²) in [5.74, 6) is 0.154. The number of nitrogens with zero attached hydrogens (tertiary/aromatic N) is 2. The van der Waals surface area contributed by atoms with E-state index >= 15 is 0 Å². The van der Waals surface area contributed by atoms with E-state index in [1.165, 1.54) is 17.6 Å².